The van der Waals surface area contributed by atoms with Crippen molar-refractivity contribution in [2.45, 2.75) is 26.7 Å². The molecule has 1 aromatic carbocycles. The lowest BCUT2D eigenvalue weighted by molar-refractivity contribution is 0.210. The van der Waals surface area contributed by atoms with Gasteiger partial charge < -0.3 is 4.84 Å². The zero-order valence-electron chi connectivity index (χ0n) is 9.73. The lowest BCUT2D eigenvalue weighted by Gasteiger charge is -2.11. The molecule has 0 fully saturated rings. The van der Waals surface area contributed by atoms with Gasteiger partial charge >= 0.3 is 0 Å². The monoisotopic (exact) mass is 205 g/mol. The molecule has 0 saturated heterocycles. The Morgan fingerprint density at radius 3 is 2.53 bits per heavy atom. The molecule has 1 rings (SSSR count). The van der Waals surface area contributed by atoms with E-state index in [1.165, 1.54) is 5.56 Å². The Morgan fingerprint density at radius 2 is 2.00 bits per heavy atom. The molecule has 0 aliphatic rings. The van der Waals surface area contributed by atoms with Crippen LogP contribution in [-0.4, -0.2) is 12.8 Å². The Bertz CT molecular complexity index is 306. The number of oxime groups is 1. The summed E-state index contributed by atoms with van der Waals surface area (Å²) in [6.45, 7) is 4.35. The van der Waals surface area contributed by atoms with Crippen LogP contribution in [0.15, 0.2) is 35.5 Å². The first-order chi connectivity index (χ1) is 7.27. The van der Waals surface area contributed by atoms with Crippen LogP contribution in [0.25, 0.3) is 0 Å². The van der Waals surface area contributed by atoms with Crippen molar-refractivity contribution in [1.29, 1.82) is 0 Å². The third-order valence-electron chi connectivity index (χ3n) is 2.62. The second-order valence-electron chi connectivity index (χ2n) is 3.74. The largest absolute Gasteiger partial charge is 0.399 e. The van der Waals surface area contributed by atoms with Crippen molar-refractivity contribution in [1.82, 2.24) is 0 Å². The van der Waals surface area contributed by atoms with Crippen LogP contribution in [0.4, 0.5) is 0 Å². The van der Waals surface area contributed by atoms with Gasteiger partial charge in [-0.25, -0.2) is 0 Å². The third kappa shape index (κ3) is 3.74. The van der Waals surface area contributed by atoms with Crippen LogP contribution < -0.4 is 0 Å². The van der Waals surface area contributed by atoms with E-state index in [0.29, 0.717) is 5.92 Å². The highest BCUT2D eigenvalue weighted by Gasteiger charge is 2.09. The van der Waals surface area contributed by atoms with E-state index in [0.717, 1.165) is 18.6 Å². The van der Waals surface area contributed by atoms with E-state index in [-0.39, 0.29) is 0 Å². The van der Waals surface area contributed by atoms with Gasteiger partial charge in [-0.3, -0.25) is 0 Å². The van der Waals surface area contributed by atoms with E-state index in [9.17, 15) is 0 Å². The summed E-state index contributed by atoms with van der Waals surface area (Å²) in [5, 5.41) is 4.11. The van der Waals surface area contributed by atoms with Gasteiger partial charge in [0.1, 0.15) is 7.11 Å². The van der Waals surface area contributed by atoms with E-state index in [4.69, 9.17) is 4.84 Å². The molecule has 0 saturated carbocycles. The summed E-state index contributed by atoms with van der Waals surface area (Å²) >= 11 is 0. The fourth-order valence-corrected chi connectivity index (χ4v) is 1.45. The standard InChI is InChI=1S/C13H19NO/c1-4-11(2)13(14-15-3)10-12-8-6-5-7-9-12/h5-9,11H,4,10H2,1-3H3/b14-13-. The molecule has 0 spiro atoms. The molecular weight excluding hydrogens is 186 g/mol. The van der Waals surface area contributed by atoms with Crippen molar-refractivity contribution < 1.29 is 4.84 Å². The molecule has 0 aromatic heterocycles. The molecule has 0 aliphatic heterocycles. The van der Waals surface area contributed by atoms with Crippen molar-refractivity contribution in [2.75, 3.05) is 7.11 Å². The maximum Gasteiger partial charge on any atom is 0.106 e. The summed E-state index contributed by atoms with van der Waals surface area (Å²) in [6.07, 6.45) is 1.97. The van der Waals surface area contributed by atoms with Crippen LogP contribution in [0.5, 0.6) is 0 Å². The lowest BCUT2D eigenvalue weighted by atomic mass is 9.97. The van der Waals surface area contributed by atoms with E-state index in [1.807, 2.05) is 6.07 Å². The van der Waals surface area contributed by atoms with Gasteiger partial charge in [-0.05, 0) is 17.9 Å². The van der Waals surface area contributed by atoms with Gasteiger partial charge in [0.2, 0.25) is 0 Å². The van der Waals surface area contributed by atoms with Crippen molar-refractivity contribution in [3.63, 3.8) is 0 Å². The van der Waals surface area contributed by atoms with Crippen molar-refractivity contribution in [2.24, 2.45) is 11.1 Å². The molecule has 0 amide bonds. The summed E-state index contributed by atoms with van der Waals surface area (Å²) in [5.74, 6) is 0.477. The first-order valence-electron chi connectivity index (χ1n) is 5.41. The Kier molecular flexibility index (Phi) is 4.88. The topological polar surface area (TPSA) is 21.6 Å². The molecule has 2 nitrogen and oxygen atoms in total. The fourth-order valence-electron chi connectivity index (χ4n) is 1.45. The number of nitrogens with zero attached hydrogens (tertiary/aromatic N) is 1. The average molecular weight is 205 g/mol. The quantitative estimate of drug-likeness (QED) is 0.534. The molecule has 1 unspecified atom stereocenters. The molecule has 15 heavy (non-hydrogen) atoms. The molecule has 0 heterocycles. The fraction of sp³-hybridized carbons (Fsp3) is 0.462. The molecule has 0 radical (unpaired) electrons. The summed E-state index contributed by atoms with van der Waals surface area (Å²) in [5.41, 5.74) is 2.40. The summed E-state index contributed by atoms with van der Waals surface area (Å²) in [7, 11) is 1.60. The minimum absolute atomic E-state index is 0.477. The maximum absolute atomic E-state index is 4.89. The zero-order chi connectivity index (χ0) is 11.1. The molecule has 82 valence electrons. The Morgan fingerprint density at radius 1 is 1.33 bits per heavy atom. The van der Waals surface area contributed by atoms with Crippen LogP contribution in [-0.2, 0) is 11.3 Å². The minimum Gasteiger partial charge on any atom is -0.399 e. The highest BCUT2D eigenvalue weighted by molar-refractivity contribution is 5.88. The van der Waals surface area contributed by atoms with Crippen molar-refractivity contribution >= 4 is 5.71 Å². The van der Waals surface area contributed by atoms with Gasteiger partial charge in [0.15, 0.2) is 0 Å². The first-order valence-corrected chi connectivity index (χ1v) is 5.41. The highest BCUT2D eigenvalue weighted by atomic mass is 16.6. The summed E-state index contributed by atoms with van der Waals surface area (Å²) in [6, 6.07) is 10.4. The second kappa shape index (κ2) is 6.23. The number of benzene rings is 1. The van der Waals surface area contributed by atoms with Gasteiger partial charge in [0.05, 0.1) is 5.71 Å². The molecule has 0 aliphatic carbocycles. The Hall–Kier alpha value is -1.31. The van der Waals surface area contributed by atoms with E-state index in [1.54, 1.807) is 7.11 Å². The third-order valence-corrected chi connectivity index (χ3v) is 2.62. The number of rotatable bonds is 5. The molecule has 0 N–H and O–H groups in total. The second-order valence-corrected chi connectivity index (χ2v) is 3.74. The summed E-state index contributed by atoms with van der Waals surface area (Å²) < 4.78 is 0. The van der Waals surface area contributed by atoms with Gasteiger partial charge in [0.25, 0.3) is 0 Å². The Balaban J connectivity index is 2.72. The van der Waals surface area contributed by atoms with E-state index >= 15 is 0 Å². The molecule has 2 heteroatoms. The normalized spacial score (nSPS) is 13.7. The Labute approximate surface area is 91.9 Å². The van der Waals surface area contributed by atoms with Gasteiger partial charge in [-0.2, -0.15) is 0 Å². The van der Waals surface area contributed by atoms with Crippen LogP contribution in [0.1, 0.15) is 25.8 Å². The van der Waals surface area contributed by atoms with Crippen LogP contribution in [0.3, 0.4) is 0 Å². The highest BCUT2D eigenvalue weighted by Crippen LogP contribution is 2.10. The van der Waals surface area contributed by atoms with E-state index in [2.05, 4.69) is 43.3 Å². The predicted octanol–water partition coefficient (Wildman–Crippen LogP) is 3.28. The SMILES string of the molecule is CCC(C)/C(Cc1ccccc1)=N\OC. The minimum atomic E-state index is 0.477. The summed E-state index contributed by atoms with van der Waals surface area (Å²) in [4.78, 5) is 4.89. The number of hydrogen-bond donors (Lipinski definition) is 0. The molecule has 0 bridgehead atoms. The smallest absolute Gasteiger partial charge is 0.106 e. The maximum atomic E-state index is 4.89. The number of hydrogen-bond acceptors (Lipinski definition) is 2. The van der Waals surface area contributed by atoms with Crippen molar-refractivity contribution in [3.05, 3.63) is 35.9 Å². The average Bonchev–Trinajstić information content (AvgIpc) is 2.29. The van der Waals surface area contributed by atoms with Gasteiger partial charge in [-0.1, -0.05) is 49.3 Å². The predicted molar refractivity (Wildman–Crippen MR) is 64.0 cm³/mol. The molecular formula is C13H19NO. The zero-order valence-corrected chi connectivity index (χ0v) is 9.73. The van der Waals surface area contributed by atoms with Crippen LogP contribution in [0.2, 0.25) is 0 Å². The first kappa shape index (κ1) is 11.8. The van der Waals surface area contributed by atoms with Gasteiger partial charge in [-0.15, -0.1) is 0 Å². The molecule has 1 atom stereocenters. The van der Waals surface area contributed by atoms with Crippen LogP contribution in [0, 0.1) is 5.92 Å². The van der Waals surface area contributed by atoms with Gasteiger partial charge in [0, 0.05) is 6.42 Å². The molecule has 1 aromatic rings. The van der Waals surface area contributed by atoms with Crippen molar-refractivity contribution in [3.8, 4) is 0 Å². The van der Waals surface area contributed by atoms with Crippen LogP contribution >= 0.6 is 0 Å². The van der Waals surface area contributed by atoms with E-state index < -0.39 is 0 Å². The lowest BCUT2D eigenvalue weighted by Crippen LogP contribution is -2.13.